The summed E-state index contributed by atoms with van der Waals surface area (Å²) in [5.41, 5.74) is 1.19. The Morgan fingerprint density at radius 3 is 3.00 bits per heavy atom. The van der Waals surface area contributed by atoms with Crippen LogP contribution in [0.5, 0.6) is 0 Å². The molecule has 0 bridgehead atoms. The van der Waals surface area contributed by atoms with E-state index in [1.165, 1.54) is 5.56 Å². The van der Waals surface area contributed by atoms with E-state index in [1.807, 2.05) is 6.20 Å². The molecule has 0 saturated heterocycles. The minimum atomic E-state index is 0.290. The van der Waals surface area contributed by atoms with E-state index in [0.29, 0.717) is 0 Å². The van der Waals surface area contributed by atoms with Crippen molar-refractivity contribution in [2.75, 3.05) is 6.54 Å². The summed E-state index contributed by atoms with van der Waals surface area (Å²) in [6, 6.07) is 2.07. The number of rotatable bonds is 6. The quantitative estimate of drug-likeness (QED) is 0.642. The van der Waals surface area contributed by atoms with Crippen molar-refractivity contribution in [3.8, 4) is 0 Å². The van der Waals surface area contributed by atoms with Gasteiger partial charge in [0, 0.05) is 28.8 Å². The van der Waals surface area contributed by atoms with Gasteiger partial charge in [0.1, 0.15) is 0 Å². The van der Waals surface area contributed by atoms with Gasteiger partial charge in [-0.2, -0.15) is 0 Å². The highest BCUT2D eigenvalue weighted by Crippen LogP contribution is 2.09. The SMILES string of the molecule is CCC(Cl)CCNCc1cncc(Br)c1. The molecule has 0 fully saturated rings. The highest BCUT2D eigenvalue weighted by Gasteiger charge is 2.00. The van der Waals surface area contributed by atoms with E-state index in [9.17, 15) is 0 Å². The van der Waals surface area contributed by atoms with Crippen molar-refractivity contribution in [1.29, 1.82) is 0 Å². The van der Waals surface area contributed by atoms with Gasteiger partial charge in [-0.15, -0.1) is 11.6 Å². The maximum absolute atomic E-state index is 6.01. The second-order valence-electron chi connectivity index (χ2n) is 3.48. The van der Waals surface area contributed by atoms with E-state index in [0.717, 1.165) is 30.4 Å². The Hall–Kier alpha value is -0.120. The van der Waals surface area contributed by atoms with Crippen molar-refractivity contribution in [3.05, 3.63) is 28.5 Å². The maximum Gasteiger partial charge on any atom is 0.0410 e. The molecule has 1 N–H and O–H groups in total. The number of aromatic nitrogens is 1. The maximum atomic E-state index is 6.01. The van der Waals surface area contributed by atoms with Crippen molar-refractivity contribution in [2.24, 2.45) is 0 Å². The van der Waals surface area contributed by atoms with Crippen LogP contribution in [0.2, 0.25) is 0 Å². The lowest BCUT2D eigenvalue weighted by Gasteiger charge is -2.07. The highest BCUT2D eigenvalue weighted by molar-refractivity contribution is 9.10. The molecule has 0 saturated carbocycles. The van der Waals surface area contributed by atoms with E-state index in [-0.39, 0.29) is 5.38 Å². The molecule has 0 aliphatic rings. The third-order valence-corrected chi connectivity index (χ3v) is 3.13. The Kier molecular flexibility index (Phi) is 6.22. The monoisotopic (exact) mass is 290 g/mol. The molecule has 0 aromatic carbocycles. The standard InChI is InChI=1S/C11H16BrClN2/c1-2-11(13)3-4-14-6-9-5-10(12)8-15-7-9/h5,7-8,11,14H,2-4,6H2,1H3. The summed E-state index contributed by atoms with van der Waals surface area (Å²) in [5.74, 6) is 0. The van der Waals surface area contributed by atoms with Crippen molar-refractivity contribution >= 4 is 27.5 Å². The molecule has 0 aliphatic heterocycles. The molecule has 1 aromatic heterocycles. The average Bonchev–Trinajstić information content (AvgIpc) is 2.24. The number of pyridine rings is 1. The van der Waals surface area contributed by atoms with Crippen LogP contribution >= 0.6 is 27.5 Å². The van der Waals surface area contributed by atoms with Crippen LogP contribution in [0.1, 0.15) is 25.3 Å². The van der Waals surface area contributed by atoms with Crippen LogP contribution in [0, 0.1) is 0 Å². The van der Waals surface area contributed by atoms with Gasteiger partial charge in [0.15, 0.2) is 0 Å². The Morgan fingerprint density at radius 2 is 2.33 bits per heavy atom. The zero-order valence-electron chi connectivity index (χ0n) is 8.84. The first kappa shape index (κ1) is 12.9. The van der Waals surface area contributed by atoms with Crippen molar-refractivity contribution in [1.82, 2.24) is 10.3 Å². The number of alkyl halides is 1. The molecular weight excluding hydrogens is 275 g/mol. The first-order valence-corrected chi connectivity index (χ1v) is 6.39. The van der Waals surface area contributed by atoms with Crippen LogP contribution in [-0.2, 0) is 6.54 Å². The van der Waals surface area contributed by atoms with Gasteiger partial charge in [-0.1, -0.05) is 6.92 Å². The Bertz CT molecular complexity index is 294. The largest absolute Gasteiger partial charge is 0.313 e. The first-order chi connectivity index (χ1) is 7.22. The minimum absolute atomic E-state index is 0.290. The van der Waals surface area contributed by atoms with Gasteiger partial charge in [0.25, 0.3) is 0 Å². The summed E-state index contributed by atoms with van der Waals surface area (Å²) in [4.78, 5) is 4.10. The second-order valence-corrected chi connectivity index (χ2v) is 5.02. The molecule has 1 rings (SSSR count). The van der Waals surface area contributed by atoms with Gasteiger partial charge in [-0.05, 0) is 46.9 Å². The van der Waals surface area contributed by atoms with Crippen molar-refractivity contribution < 1.29 is 0 Å². The summed E-state index contributed by atoms with van der Waals surface area (Å²) >= 11 is 9.41. The van der Waals surface area contributed by atoms with Crippen LogP contribution in [0.4, 0.5) is 0 Å². The molecule has 1 aromatic rings. The number of nitrogens with zero attached hydrogens (tertiary/aromatic N) is 1. The normalized spacial score (nSPS) is 12.7. The van der Waals surface area contributed by atoms with Gasteiger partial charge < -0.3 is 5.32 Å². The first-order valence-electron chi connectivity index (χ1n) is 5.16. The molecule has 15 heavy (non-hydrogen) atoms. The zero-order chi connectivity index (χ0) is 11.1. The Balaban J connectivity index is 2.20. The van der Waals surface area contributed by atoms with E-state index in [1.54, 1.807) is 6.20 Å². The topological polar surface area (TPSA) is 24.9 Å². The van der Waals surface area contributed by atoms with E-state index < -0.39 is 0 Å². The summed E-state index contributed by atoms with van der Waals surface area (Å²) in [5, 5.41) is 3.64. The molecule has 1 unspecified atom stereocenters. The number of hydrogen-bond donors (Lipinski definition) is 1. The molecule has 0 amide bonds. The van der Waals surface area contributed by atoms with E-state index in [2.05, 4.69) is 39.2 Å². The van der Waals surface area contributed by atoms with Crippen LogP contribution in [-0.4, -0.2) is 16.9 Å². The smallest absolute Gasteiger partial charge is 0.0410 e. The zero-order valence-corrected chi connectivity index (χ0v) is 11.2. The van der Waals surface area contributed by atoms with Crippen LogP contribution in [0.15, 0.2) is 22.9 Å². The third-order valence-electron chi connectivity index (χ3n) is 2.17. The summed E-state index contributed by atoms with van der Waals surface area (Å²) in [7, 11) is 0. The van der Waals surface area contributed by atoms with Gasteiger partial charge >= 0.3 is 0 Å². The summed E-state index contributed by atoms with van der Waals surface area (Å²) in [6.45, 7) is 3.91. The van der Waals surface area contributed by atoms with Crippen LogP contribution in [0.3, 0.4) is 0 Å². The molecule has 1 heterocycles. The molecule has 1 atom stereocenters. The van der Waals surface area contributed by atoms with Gasteiger partial charge in [-0.3, -0.25) is 4.98 Å². The van der Waals surface area contributed by atoms with Crippen molar-refractivity contribution in [3.63, 3.8) is 0 Å². The summed E-state index contributed by atoms with van der Waals surface area (Å²) in [6.07, 6.45) is 5.70. The number of nitrogens with one attached hydrogen (secondary N) is 1. The van der Waals surface area contributed by atoms with Gasteiger partial charge in [-0.25, -0.2) is 0 Å². The predicted octanol–water partition coefficient (Wildman–Crippen LogP) is 3.34. The van der Waals surface area contributed by atoms with E-state index >= 15 is 0 Å². The Labute approximate surface area is 105 Å². The van der Waals surface area contributed by atoms with Crippen molar-refractivity contribution in [2.45, 2.75) is 31.7 Å². The molecule has 0 aliphatic carbocycles. The molecule has 4 heteroatoms. The second kappa shape index (κ2) is 7.20. The number of hydrogen-bond acceptors (Lipinski definition) is 2. The van der Waals surface area contributed by atoms with Gasteiger partial charge in [0.05, 0.1) is 0 Å². The summed E-state index contributed by atoms with van der Waals surface area (Å²) < 4.78 is 1.02. The fourth-order valence-electron chi connectivity index (χ4n) is 1.25. The highest BCUT2D eigenvalue weighted by atomic mass is 79.9. The fourth-order valence-corrected chi connectivity index (χ4v) is 1.77. The third kappa shape index (κ3) is 5.50. The Morgan fingerprint density at radius 1 is 1.53 bits per heavy atom. The lowest BCUT2D eigenvalue weighted by atomic mass is 10.2. The average molecular weight is 292 g/mol. The lowest BCUT2D eigenvalue weighted by Crippen LogP contribution is -2.17. The minimum Gasteiger partial charge on any atom is -0.313 e. The van der Waals surface area contributed by atoms with E-state index in [4.69, 9.17) is 11.6 Å². The van der Waals surface area contributed by atoms with Crippen LogP contribution in [0.25, 0.3) is 0 Å². The molecule has 2 nitrogen and oxygen atoms in total. The molecule has 0 radical (unpaired) electrons. The molecule has 84 valence electrons. The fraction of sp³-hybridized carbons (Fsp3) is 0.545. The molecular formula is C11H16BrClN2. The lowest BCUT2D eigenvalue weighted by molar-refractivity contribution is 0.621. The molecule has 0 spiro atoms. The predicted molar refractivity (Wildman–Crippen MR) is 68.2 cm³/mol. The van der Waals surface area contributed by atoms with Crippen LogP contribution < -0.4 is 5.32 Å². The van der Waals surface area contributed by atoms with Gasteiger partial charge in [0.2, 0.25) is 0 Å². The number of halogens is 2.